The van der Waals surface area contributed by atoms with Gasteiger partial charge in [-0.15, -0.1) is 0 Å². The average Bonchev–Trinajstić information content (AvgIpc) is 2.41. The summed E-state index contributed by atoms with van der Waals surface area (Å²) < 4.78 is 2.32. The molecule has 1 aromatic rings. The van der Waals surface area contributed by atoms with E-state index in [1.807, 2.05) is 6.21 Å². The maximum Gasteiger partial charge on any atom is 0.225 e. The van der Waals surface area contributed by atoms with Gasteiger partial charge >= 0.3 is 0 Å². The van der Waals surface area contributed by atoms with Crippen LogP contribution in [-0.4, -0.2) is 35.6 Å². The summed E-state index contributed by atoms with van der Waals surface area (Å²) in [6.45, 7) is 2.15. The van der Waals surface area contributed by atoms with Gasteiger partial charge in [-0.05, 0) is 24.6 Å². The topological polar surface area (TPSA) is 15.4 Å². The number of hydrogen-bond acceptors (Lipinski definition) is 1. The fraction of sp³-hybridized carbons (Fsp3) is 0.250. The molecule has 2 atom stereocenters. The quantitative estimate of drug-likeness (QED) is 0.666. The summed E-state index contributed by atoms with van der Waals surface area (Å²) in [5, 5.41) is 0. The van der Waals surface area contributed by atoms with Crippen LogP contribution in [0.1, 0.15) is 11.1 Å². The number of aliphatic imine (C=N–C) groups is 1. The van der Waals surface area contributed by atoms with Gasteiger partial charge in [-0.2, -0.15) is 0 Å². The summed E-state index contributed by atoms with van der Waals surface area (Å²) in [7, 11) is 2.15. The van der Waals surface area contributed by atoms with Crippen molar-refractivity contribution in [1.82, 2.24) is 0 Å². The van der Waals surface area contributed by atoms with E-state index in [0.29, 0.717) is 6.04 Å². The molecule has 1 aliphatic heterocycles. The molecule has 0 bridgehead atoms. The molecule has 18 heavy (non-hydrogen) atoms. The van der Waals surface area contributed by atoms with E-state index < -0.39 is 0 Å². The molecule has 0 saturated carbocycles. The molecule has 0 radical (unpaired) electrons. The number of aryl methyl sites for hydroxylation is 1. The highest BCUT2D eigenvalue weighted by molar-refractivity contribution is 6.36. The van der Waals surface area contributed by atoms with Crippen LogP contribution in [0.4, 0.5) is 0 Å². The van der Waals surface area contributed by atoms with Crippen LogP contribution in [-0.2, 0) is 0 Å². The number of benzene rings is 1. The third kappa shape index (κ3) is 1.74. The van der Waals surface area contributed by atoms with E-state index in [-0.39, 0.29) is 6.04 Å². The Kier molecular flexibility index (Phi) is 2.71. The SMILES string of the molecule is Cc1ccccc1C1=[N+](C)C2C=CC=CC2N=C1. The zero-order valence-corrected chi connectivity index (χ0v) is 10.7. The second-order valence-electron chi connectivity index (χ2n) is 4.84. The first kappa shape index (κ1) is 11.1. The Hall–Kier alpha value is -1.96. The van der Waals surface area contributed by atoms with Crippen LogP contribution in [0.25, 0.3) is 0 Å². The molecule has 0 N–H and O–H groups in total. The monoisotopic (exact) mass is 237 g/mol. The summed E-state index contributed by atoms with van der Waals surface area (Å²) in [5.41, 5.74) is 3.76. The highest BCUT2D eigenvalue weighted by atomic mass is 15.1. The van der Waals surface area contributed by atoms with Crippen molar-refractivity contribution < 1.29 is 4.58 Å². The molecule has 2 aliphatic rings. The van der Waals surface area contributed by atoms with Gasteiger partial charge < -0.3 is 0 Å². The largest absolute Gasteiger partial charge is 0.271 e. The van der Waals surface area contributed by atoms with Crippen molar-refractivity contribution in [3.8, 4) is 0 Å². The lowest BCUT2D eigenvalue weighted by Crippen LogP contribution is -2.41. The van der Waals surface area contributed by atoms with Crippen LogP contribution >= 0.6 is 0 Å². The zero-order valence-electron chi connectivity index (χ0n) is 10.7. The molecule has 0 spiro atoms. The molecule has 1 aliphatic carbocycles. The average molecular weight is 237 g/mol. The second kappa shape index (κ2) is 4.37. The maximum absolute atomic E-state index is 4.66. The molecular formula is C16H17N2+. The lowest BCUT2D eigenvalue weighted by Gasteiger charge is -2.22. The third-order valence-electron chi connectivity index (χ3n) is 3.69. The fourth-order valence-corrected chi connectivity index (χ4v) is 2.61. The number of rotatable bonds is 1. The number of allylic oxidation sites excluding steroid dienone is 2. The van der Waals surface area contributed by atoms with Gasteiger partial charge in [0, 0.05) is 0 Å². The van der Waals surface area contributed by atoms with E-state index >= 15 is 0 Å². The van der Waals surface area contributed by atoms with Gasteiger partial charge in [0.2, 0.25) is 5.71 Å². The molecule has 0 aromatic heterocycles. The number of likely N-dealkylation sites (N-methyl/N-ethyl adjacent to an activating group) is 1. The summed E-state index contributed by atoms with van der Waals surface area (Å²) in [6, 6.07) is 9.07. The fourth-order valence-electron chi connectivity index (χ4n) is 2.61. The van der Waals surface area contributed by atoms with Crippen molar-refractivity contribution in [1.29, 1.82) is 0 Å². The van der Waals surface area contributed by atoms with Crippen molar-refractivity contribution in [3.63, 3.8) is 0 Å². The molecule has 1 aromatic carbocycles. The first-order valence-electron chi connectivity index (χ1n) is 6.31. The zero-order chi connectivity index (χ0) is 12.5. The Morgan fingerprint density at radius 3 is 2.72 bits per heavy atom. The number of fused-ring (bicyclic) bond motifs is 1. The standard InChI is InChI=1S/C16H17N2/c1-12-7-3-4-8-13(12)16-11-17-14-9-5-6-10-15(14)18(16)2/h3-11,14-15H,1-2H3/q+1. The van der Waals surface area contributed by atoms with Crippen LogP contribution in [0.3, 0.4) is 0 Å². The Labute approximate surface area is 108 Å². The minimum atomic E-state index is 0.257. The highest BCUT2D eigenvalue weighted by Gasteiger charge is 2.31. The molecule has 1 heterocycles. The smallest absolute Gasteiger partial charge is 0.225 e. The molecule has 90 valence electrons. The maximum atomic E-state index is 4.66. The van der Waals surface area contributed by atoms with Gasteiger partial charge in [0.25, 0.3) is 0 Å². The van der Waals surface area contributed by atoms with E-state index in [0.717, 1.165) is 0 Å². The summed E-state index contributed by atoms with van der Waals surface area (Å²) in [6.07, 6.45) is 10.6. The van der Waals surface area contributed by atoms with Gasteiger partial charge in [-0.1, -0.05) is 36.4 Å². The molecule has 0 fully saturated rings. The molecule has 0 saturated heterocycles. The highest BCUT2D eigenvalue weighted by Crippen LogP contribution is 2.17. The Morgan fingerprint density at radius 1 is 1.11 bits per heavy atom. The number of nitrogens with zero attached hydrogens (tertiary/aromatic N) is 2. The first-order valence-corrected chi connectivity index (χ1v) is 6.31. The van der Waals surface area contributed by atoms with E-state index in [2.05, 4.69) is 72.1 Å². The number of hydrogen-bond donors (Lipinski definition) is 0. The van der Waals surface area contributed by atoms with Gasteiger partial charge in [0.15, 0.2) is 6.04 Å². The molecule has 2 heteroatoms. The first-order chi connectivity index (χ1) is 8.77. The van der Waals surface area contributed by atoms with E-state index in [1.54, 1.807) is 0 Å². The van der Waals surface area contributed by atoms with Crippen molar-refractivity contribution in [3.05, 3.63) is 59.7 Å². The Balaban J connectivity index is 2.08. The summed E-state index contributed by atoms with van der Waals surface area (Å²) in [5.74, 6) is 0. The lowest BCUT2D eigenvalue weighted by atomic mass is 9.98. The molecule has 0 amide bonds. The molecule has 3 rings (SSSR count). The summed E-state index contributed by atoms with van der Waals surface area (Å²) >= 11 is 0. The van der Waals surface area contributed by atoms with Crippen LogP contribution in [0, 0.1) is 6.92 Å². The van der Waals surface area contributed by atoms with Gasteiger partial charge in [-0.3, -0.25) is 4.99 Å². The van der Waals surface area contributed by atoms with Crippen LogP contribution < -0.4 is 0 Å². The Bertz CT molecular complexity index is 591. The lowest BCUT2D eigenvalue weighted by molar-refractivity contribution is -0.526. The van der Waals surface area contributed by atoms with Gasteiger partial charge in [-0.25, -0.2) is 4.58 Å². The predicted molar refractivity (Wildman–Crippen MR) is 75.8 cm³/mol. The van der Waals surface area contributed by atoms with Crippen LogP contribution in [0.2, 0.25) is 0 Å². The van der Waals surface area contributed by atoms with Crippen molar-refractivity contribution in [2.24, 2.45) is 4.99 Å². The molecular weight excluding hydrogens is 220 g/mol. The van der Waals surface area contributed by atoms with E-state index in [9.17, 15) is 0 Å². The Morgan fingerprint density at radius 2 is 1.89 bits per heavy atom. The van der Waals surface area contributed by atoms with Crippen molar-refractivity contribution >= 4 is 11.9 Å². The van der Waals surface area contributed by atoms with Gasteiger partial charge in [0.05, 0.1) is 11.8 Å². The van der Waals surface area contributed by atoms with Crippen LogP contribution in [0.15, 0.2) is 53.6 Å². The molecule has 2 nitrogen and oxygen atoms in total. The third-order valence-corrected chi connectivity index (χ3v) is 3.69. The minimum Gasteiger partial charge on any atom is -0.271 e. The normalized spacial score (nSPS) is 25.4. The van der Waals surface area contributed by atoms with Crippen LogP contribution in [0.5, 0.6) is 0 Å². The predicted octanol–water partition coefficient (Wildman–Crippen LogP) is 2.37. The van der Waals surface area contributed by atoms with Gasteiger partial charge in [0.1, 0.15) is 13.1 Å². The minimum absolute atomic E-state index is 0.257. The van der Waals surface area contributed by atoms with E-state index in [1.165, 1.54) is 16.8 Å². The van der Waals surface area contributed by atoms with Crippen molar-refractivity contribution in [2.45, 2.75) is 19.0 Å². The molecule has 2 unspecified atom stereocenters. The summed E-state index contributed by atoms with van der Waals surface area (Å²) in [4.78, 5) is 4.66. The van der Waals surface area contributed by atoms with Crippen molar-refractivity contribution in [2.75, 3.05) is 7.05 Å². The van der Waals surface area contributed by atoms with E-state index in [4.69, 9.17) is 0 Å². The second-order valence-corrected chi connectivity index (χ2v) is 4.84.